The number of nitrogens with one attached hydrogen (secondary N) is 3. The Bertz CT molecular complexity index is 368. The van der Waals surface area contributed by atoms with E-state index in [0.717, 1.165) is 24.3 Å². The van der Waals surface area contributed by atoms with E-state index < -0.39 is 0 Å². The highest BCUT2D eigenvalue weighted by Gasteiger charge is 2.00. The number of hydrogen-bond donors (Lipinski definition) is 3. The highest BCUT2D eigenvalue weighted by molar-refractivity contribution is 5.76. The van der Waals surface area contributed by atoms with Gasteiger partial charge < -0.3 is 16.0 Å². The lowest BCUT2D eigenvalue weighted by molar-refractivity contribution is -0.120. The van der Waals surface area contributed by atoms with Gasteiger partial charge in [0.25, 0.3) is 0 Å². The highest BCUT2D eigenvalue weighted by atomic mass is 16.1. The van der Waals surface area contributed by atoms with Crippen molar-refractivity contribution < 1.29 is 4.79 Å². The second kappa shape index (κ2) is 8.33. The molecule has 18 heavy (non-hydrogen) atoms. The van der Waals surface area contributed by atoms with Gasteiger partial charge in [0.1, 0.15) is 0 Å². The zero-order valence-corrected chi connectivity index (χ0v) is 11.1. The minimum absolute atomic E-state index is 0.0678. The molecule has 5 heteroatoms. The minimum Gasteiger partial charge on any atom is -0.384 e. The first-order chi connectivity index (χ1) is 8.76. The quantitative estimate of drug-likeness (QED) is 0.658. The van der Waals surface area contributed by atoms with Crippen LogP contribution in [0.2, 0.25) is 0 Å². The minimum atomic E-state index is 0.0678. The van der Waals surface area contributed by atoms with Crippen LogP contribution >= 0.6 is 0 Å². The lowest BCUT2D eigenvalue weighted by Crippen LogP contribution is -2.24. The summed E-state index contributed by atoms with van der Waals surface area (Å²) in [5.41, 5.74) is 1.93. The van der Waals surface area contributed by atoms with Crippen LogP contribution in [0.25, 0.3) is 0 Å². The number of carbonyl (C=O) groups is 1. The second-order valence-corrected chi connectivity index (χ2v) is 4.02. The van der Waals surface area contributed by atoms with Crippen LogP contribution in [0.15, 0.2) is 18.5 Å². The number of rotatable bonds is 8. The van der Waals surface area contributed by atoms with Crippen LogP contribution in [0.1, 0.15) is 26.7 Å². The molecule has 0 aliphatic carbocycles. The third-order valence-electron chi connectivity index (χ3n) is 2.37. The molecule has 0 bridgehead atoms. The van der Waals surface area contributed by atoms with Crippen molar-refractivity contribution in [3.8, 4) is 0 Å². The highest BCUT2D eigenvalue weighted by Crippen LogP contribution is 2.12. The normalized spacial score (nSPS) is 9.89. The standard InChI is InChI=1S/C13H22N4O/c1-3-6-16-11-8-12(10-14-9-11)17-7-5-13(18)15-4-2/h8-10,16-17H,3-7H2,1-2H3,(H,15,18). The summed E-state index contributed by atoms with van der Waals surface area (Å²) in [6.45, 7) is 6.26. The van der Waals surface area contributed by atoms with Crippen LogP contribution in [-0.4, -0.2) is 30.5 Å². The van der Waals surface area contributed by atoms with Crippen molar-refractivity contribution in [2.75, 3.05) is 30.3 Å². The maximum atomic E-state index is 11.3. The van der Waals surface area contributed by atoms with Gasteiger partial charge in [-0.25, -0.2) is 0 Å². The third-order valence-corrected chi connectivity index (χ3v) is 2.37. The van der Waals surface area contributed by atoms with Gasteiger partial charge in [0, 0.05) is 26.1 Å². The molecular formula is C13H22N4O. The first-order valence-corrected chi connectivity index (χ1v) is 6.45. The summed E-state index contributed by atoms with van der Waals surface area (Å²) < 4.78 is 0. The van der Waals surface area contributed by atoms with Gasteiger partial charge >= 0.3 is 0 Å². The molecule has 0 aromatic carbocycles. The number of aromatic nitrogens is 1. The van der Waals surface area contributed by atoms with Gasteiger partial charge in [-0.1, -0.05) is 6.92 Å². The lowest BCUT2D eigenvalue weighted by Gasteiger charge is -2.09. The van der Waals surface area contributed by atoms with E-state index in [1.54, 1.807) is 12.4 Å². The predicted molar refractivity (Wildman–Crippen MR) is 74.8 cm³/mol. The number of pyridine rings is 1. The predicted octanol–water partition coefficient (Wildman–Crippen LogP) is 1.84. The number of nitrogens with zero attached hydrogens (tertiary/aromatic N) is 1. The van der Waals surface area contributed by atoms with E-state index in [2.05, 4.69) is 27.9 Å². The van der Waals surface area contributed by atoms with Crippen molar-refractivity contribution in [3.05, 3.63) is 18.5 Å². The summed E-state index contributed by atoms with van der Waals surface area (Å²) in [7, 11) is 0. The van der Waals surface area contributed by atoms with Gasteiger partial charge in [-0.3, -0.25) is 9.78 Å². The summed E-state index contributed by atoms with van der Waals surface area (Å²) in [5.74, 6) is 0.0678. The molecule has 5 nitrogen and oxygen atoms in total. The molecule has 1 aromatic heterocycles. The SMILES string of the molecule is CCCNc1cncc(NCCC(=O)NCC)c1. The van der Waals surface area contributed by atoms with E-state index in [1.165, 1.54) is 0 Å². The Balaban J connectivity index is 2.35. The Morgan fingerprint density at radius 1 is 1.17 bits per heavy atom. The third kappa shape index (κ3) is 5.52. The van der Waals surface area contributed by atoms with Crippen LogP contribution < -0.4 is 16.0 Å². The Labute approximate surface area is 108 Å². The van der Waals surface area contributed by atoms with Gasteiger partial charge in [0.05, 0.1) is 23.8 Å². The Kier molecular flexibility index (Phi) is 6.61. The Morgan fingerprint density at radius 2 is 1.83 bits per heavy atom. The van der Waals surface area contributed by atoms with Gasteiger partial charge in [-0.15, -0.1) is 0 Å². The molecule has 0 saturated heterocycles. The van der Waals surface area contributed by atoms with Gasteiger partial charge in [-0.05, 0) is 19.4 Å². The molecule has 0 aliphatic heterocycles. The van der Waals surface area contributed by atoms with Crippen molar-refractivity contribution in [1.29, 1.82) is 0 Å². The fourth-order valence-corrected chi connectivity index (χ4v) is 1.51. The van der Waals surface area contributed by atoms with E-state index in [-0.39, 0.29) is 5.91 Å². The topological polar surface area (TPSA) is 66.0 Å². The Morgan fingerprint density at radius 3 is 2.44 bits per heavy atom. The lowest BCUT2D eigenvalue weighted by atomic mass is 10.3. The maximum absolute atomic E-state index is 11.3. The van der Waals surface area contributed by atoms with Crippen LogP contribution in [0.4, 0.5) is 11.4 Å². The largest absolute Gasteiger partial charge is 0.384 e. The van der Waals surface area contributed by atoms with Crippen molar-refractivity contribution in [2.24, 2.45) is 0 Å². The molecule has 0 fully saturated rings. The summed E-state index contributed by atoms with van der Waals surface area (Å²) >= 11 is 0. The van der Waals surface area contributed by atoms with Gasteiger partial charge in [0.15, 0.2) is 0 Å². The summed E-state index contributed by atoms with van der Waals surface area (Å²) in [6, 6.07) is 2.00. The van der Waals surface area contributed by atoms with E-state index in [0.29, 0.717) is 19.5 Å². The monoisotopic (exact) mass is 250 g/mol. The molecule has 3 N–H and O–H groups in total. The summed E-state index contributed by atoms with van der Waals surface area (Å²) in [4.78, 5) is 15.4. The molecule has 1 heterocycles. The van der Waals surface area contributed by atoms with Crippen LogP contribution in [0.5, 0.6) is 0 Å². The fraction of sp³-hybridized carbons (Fsp3) is 0.538. The van der Waals surface area contributed by atoms with Crippen molar-refractivity contribution >= 4 is 17.3 Å². The molecule has 100 valence electrons. The number of hydrogen-bond acceptors (Lipinski definition) is 4. The molecule has 1 aromatic rings. The molecule has 0 aliphatic rings. The maximum Gasteiger partial charge on any atom is 0.221 e. The zero-order valence-electron chi connectivity index (χ0n) is 11.1. The average molecular weight is 250 g/mol. The first kappa shape index (κ1) is 14.3. The van der Waals surface area contributed by atoms with Crippen LogP contribution in [0, 0.1) is 0 Å². The molecular weight excluding hydrogens is 228 g/mol. The molecule has 0 saturated carbocycles. The zero-order chi connectivity index (χ0) is 13.2. The number of amides is 1. The van der Waals surface area contributed by atoms with E-state index in [4.69, 9.17) is 0 Å². The first-order valence-electron chi connectivity index (χ1n) is 6.45. The summed E-state index contributed by atoms with van der Waals surface area (Å²) in [5, 5.41) is 9.22. The van der Waals surface area contributed by atoms with E-state index in [1.807, 2.05) is 13.0 Å². The fourth-order valence-electron chi connectivity index (χ4n) is 1.51. The molecule has 0 spiro atoms. The van der Waals surface area contributed by atoms with E-state index >= 15 is 0 Å². The number of anilines is 2. The smallest absolute Gasteiger partial charge is 0.221 e. The van der Waals surface area contributed by atoms with Gasteiger partial charge in [-0.2, -0.15) is 0 Å². The van der Waals surface area contributed by atoms with Crippen molar-refractivity contribution in [2.45, 2.75) is 26.7 Å². The van der Waals surface area contributed by atoms with Crippen molar-refractivity contribution in [3.63, 3.8) is 0 Å². The average Bonchev–Trinajstić information content (AvgIpc) is 2.37. The molecule has 0 unspecified atom stereocenters. The molecule has 1 amide bonds. The van der Waals surface area contributed by atoms with E-state index in [9.17, 15) is 4.79 Å². The summed E-state index contributed by atoms with van der Waals surface area (Å²) in [6.07, 6.45) is 5.11. The molecule has 0 radical (unpaired) electrons. The van der Waals surface area contributed by atoms with Crippen LogP contribution in [-0.2, 0) is 4.79 Å². The second-order valence-electron chi connectivity index (χ2n) is 4.02. The molecule has 0 atom stereocenters. The molecule has 1 rings (SSSR count). The van der Waals surface area contributed by atoms with Crippen LogP contribution in [0.3, 0.4) is 0 Å². The van der Waals surface area contributed by atoms with Gasteiger partial charge in [0.2, 0.25) is 5.91 Å². The Hall–Kier alpha value is -1.78. The number of carbonyl (C=O) groups excluding carboxylic acids is 1. The van der Waals surface area contributed by atoms with Crippen molar-refractivity contribution in [1.82, 2.24) is 10.3 Å².